The van der Waals surface area contributed by atoms with Crippen LogP contribution in [0.5, 0.6) is 0 Å². The smallest absolute Gasteiger partial charge is 0.267 e. The summed E-state index contributed by atoms with van der Waals surface area (Å²) in [5, 5.41) is 10.2. The predicted octanol–water partition coefficient (Wildman–Crippen LogP) is 3.33. The van der Waals surface area contributed by atoms with Crippen molar-refractivity contribution in [1.29, 1.82) is 5.26 Å². The molecule has 4 aromatic rings. The van der Waals surface area contributed by atoms with E-state index in [-0.39, 0.29) is 24.1 Å². The van der Waals surface area contributed by atoms with Gasteiger partial charge < -0.3 is 4.90 Å². The number of fused-ring (bicyclic) bond motifs is 2. The second kappa shape index (κ2) is 9.40. The summed E-state index contributed by atoms with van der Waals surface area (Å²) in [5.74, 6) is 0. The monoisotopic (exact) mass is 490 g/mol. The van der Waals surface area contributed by atoms with Crippen LogP contribution in [0.4, 0.5) is 5.69 Å². The molecule has 0 spiro atoms. The molecule has 0 saturated carbocycles. The Morgan fingerprint density at radius 3 is 2.80 bits per heavy atom. The SMILES string of the molecule is CCc1nc2ccc(C(C)N3CCN(c4cc(=O)n(C)n5cc(CC#N)nc45)C(CC)C3)nc2s1. The molecule has 1 saturated heterocycles. The lowest BCUT2D eigenvalue weighted by Crippen LogP contribution is -2.54. The molecule has 0 aliphatic carbocycles. The molecule has 1 aliphatic heterocycles. The average Bonchev–Trinajstić information content (AvgIpc) is 3.49. The number of hydrogen-bond acceptors (Lipinski definition) is 8. The van der Waals surface area contributed by atoms with Crippen LogP contribution in [0.1, 0.15) is 49.6 Å². The lowest BCUT2D eigenvalue weighted by molar-refractivity contribution is 0.166. The fourth-order valence-electron chi connectivity index (χ4n) is 4.93. The first-order valence-electron chi connectivity index (χ1n) is 12.2. The van der Waals surface area contributed by atoms with Crippen LogP contribution >= 0.6 is 11.3 Å². The van der Waals surface area contributed by atoms with Gasteiger partial charge in [0.1, 0.15) is 10.3 Å². The van der Waals surface area contributed by atoms with Crippen molar-refractivity contribution in [3.63, 3.8) is 0 Å². The molecule has 1 aliphatic rings. The van der Waals surface area contributed by atoms with Crippen molar-refractivity contribution in [1.82, 2.24) is 29.0 Å². The molecule has 1 fully saturated rings. The number of piperazine rings is 1. The van der Waals surface area contributed by atoms with E-state index < -0.39 is 0 Å². The van der Waals surface area contributed by atoms with Gasteiger partial charge in [-0.2, -0.15) is 5.26 Å². The molecule has 4 aromatic heterocycles. The lowest BCUT2D eigenvalue weighted by Gasteiger charge is -2.44. The zero-order valence-corrected chi connectivity index (χ0v) is 21.4. The van der Waals surface area contributed by atoms with Crippen molar-refractivity contribution in [3.05, 3.63) is 51.1 Å². The lowest BCUT2D eigenvalue weighted by atomic mass is 10.0. The molecule has 5 heterocycles. The number of imidazole rings is 1. The fourth-order valence-corrected chi connectivity index (χ4v) is 5.81. The third-order valence-corrected chi connectivity index (χ3v) is 8.13. The van der Waals surface area contributed by atoms with E-state index in [1.165, 1.54) is 4.68 Å². The highest BCUT2D eigenvalue weighted by atomic mass is 32.1. The summed E-state index contributed by atoms with van der Waals surface area (Å²) in [7, 11) is 1.73. The first-order valence-corrected chi connectivity index (χ1v) is 13.0. The standard InChI is InChI=1S/C25H30N8OS/c1-5-18-15-31(16(3)19-7-8-20-25(29-19)35-22(6-2)28-20)11-12-32(18)21-13-23(34)30(4)33-14-17(9-10-26)27-24(21)33/h7-8,13-14,16,18H,5-6,9,11-12,15H2,1-4H3. The Morgan fingerprint density at radius 1 is 1.23 bits per heavy atom. The number of aromatic nitrogens is 5. The molecule has 0 N–H and O–H groups in total. The topological polar surface area (TPSA) is 95.3 Å². The Hall–Kier alpha value is -3.29. The maximum absolute atomic E-state index is 12.7. The van der Waals surface area contributed by atoms with Crippen LogP contribution in [0.3, 0.4) is 0 Å². The molecular weight excluding hydrogens is 460 g/mol. The Balaban J connectivity index is 1.43. The molecule has 0 aromatic carbocycles. The second-order valence-corrected chi connectivity index (χ2v) is 10.1. The van der Waals surface area contributed by atoms with Gasteiger partial charge in [-0.3, -0.25) is 9.69 Å². The first kappa shape index (κ1) is 23.5. The Bertz CT molecular complexity index is 1480. The van der Waals surface area contributed by atoms with Gasteiger partial charge in [-0.25, -0.2) is 24.1 Å². The minimum absolute atomic E-state index is 0.0902. The summed E-state index contributed by atoms with van der Waals surface area (Å²) in [6.07, 6.45) is 3.87. The van der Waals surface area contributed by atoms with Crippen LogP contribution in [0.25, 0.3) is 16.0 Å². The molecule has 0 amide bonds. The zero-order chi connectivity index (χ0) is 24.7. The van der Waals surface area contributed by atoms with Gasteiger partial charge in [0.2, 0.25) is 0 Å². The molecule has 35 heavy (non-hydrogen) atoms. The molecule has 0 radical (unpaired) electrons. The van der Waals surface area contributed by atoms with E-state index in [9.17, 15) is 4.79 Å². The van der Waals surface area contributed by atoms with E-state index in [0.717, 1.165) is 64.9 Å². The van der Waals surface area contributed by atoms with Crippen LogP contribution in [-0.2, 0) is 19.9 Å². The summed E-state index contributed by atoms with van der Waals surface area (Å²) in [4.78, 5) is 32.8. The van der Waals surface area contributed by atoms with Crippen molar-refractivity contribution in [2.75, 3.05) is 24.5 Å². The Morgan fingerprint density at radius 2 is 2.06 bits per heavy atom. The third kappa shape index (κ3) is 4.19. The molecule has 182 valence electrons. The van der Waals surface area contributed by atoms with E-state index in [1.807, 2.05) is 0 Å². The third-order valence-electron chi connectivity index (χ3n) is 7.02. The van der Waals surface area contributed by atoms with Gasteiger partial charge in [-0.1, -0.05) is 25.2 Å². The van der Waals surface area contributed by atoms with Crippen LogP contribution in [0.15, 0.2) is 29.2 Å². The largest absolute Gasteiger partial charge is 0.363 e. The van der Waals surface area contributed by atoms with Gasteiger partial charge in [-0.05, 0) is 31.9 Å². The number of thiazole rings is 1. The van der Waals surface area contributed by atoms with Gasteiger partial charge in [0.15, 0.2) is 5.65 Å². The van der Waals surface area contributed by atoms with Crippen LogP contribution in [-0.4, -0.2) is 54.7 Å². The molecule has 2 atom stereocenters. The van der Waals surface area contributed by atoms with Crippen molar-refractivity contribution in [2.24, 2.45) is 7.05 Å². The van der Waals surface area contributed by atoms with Crippen LogP contribution in [0.2, 0.25) is 0 Å². The Kier molecular flexibility index (Phi) is 6.30. The van der Waals surface area contributed by atoms with Gasteiger partial charge in [0, 0.05) is 44.8 Å². The number of aryl methyl sites for hydroxylation is 2. The highest BCUT2D eigenvalue weighted by Crippen LogP contribution is 2.30. The van der Waals surface area contributed by atoms with E-state index in [4.69, 9.17) is 15.2 Å². The van der Waals surface area contributed by atoms with E-state index in [0.29, 0.717) is 5.69 Å². The molecule has 10 heteroatoms. The first-order chi connectivity index (χ1) is 16.9. The molecule has 2 unspecified atom stereocenters. The van der Waals surface area contributed by atoms with Crippen molar-refractivity contribution in [2.45, 2.75) is 52.1 Å². The number of anilines is 1. The summed E-state index contributed by atoms with van der Waals surface area (Å²) in [6, 6.07) is 8.44. The van der Waals surface area contributed by atoms with Crippen LogP contribution < -0.4 is 10.5 Å². The molecule has 9 nitrogen and oxygen atoms in total. The maximum atomic E-state index is 12.7. The second-order valence-electron chi connectivity index (χ2n) is 9.07. The fraction of sp³-hybridized carbons (Fsp3) is 0.480. The number of rotatable bonds is 6. The highest BCUT2D eigenvalue weighted by Gasteiger charge is 2.31. The van der Waals surface area contributed by atoms with Gasteiger partial charge in [-0.15, -0.1) is 0 Å². The van der Waals surface area contributed by atoms with Gasteiger partial charge >= 0.3 is 0 Å². The van der Waals surface area contributed by atoms with Crippen LogP contribution in [0, 0.1) is 11.3 Å². The normalized spacial score (nSPS) is 17.8. The van der Waals surface area contributed by atoms with E-state index in [1.54, 1.807) is 35.2 Å². The molecule has 0 bridgehead atoms. The zero-order valence-electron chi connectivity index (χ0n) is 20.6. The summed E-state index contributed by atoms with van der Waals surface area (Å²) < 4.78 is 3.31. The van der Waals surface area contributed by atoms with Gasteiger partial charge in [0.25, 0.3) is 5.56 Å². The quantitative estimate of drug-likeness (QED) is 0.409. The van der Waals surface area contributed by atoms with Crippen molar-refractivity contribution >= 4 is 33.0 Å². The number of nitrogens with zero attached hydrogens (tertiary/aromatic N) is 8. The summed E-state index contributed by atoms with van der Waals surface area (Å²) >= 11 is 1.68. The minimum atomic E-state index is -0.0902. The molecular formula is C25H30N8OS. The average molecular weight is 491 g/mol. The van der Waals surface area contributed by atoms with Gasteiger partial charge in [0.05, 0.1) is 40.8 Å². The summed E-state index contributed by atoms with van der Waals surface area (Å²) in [6.45, 7) is 9.04. The van der Waals surface area contributed by atoms with Crippen molar-refractivity contribution in [3.8, 4) is 6.07 Å². The van der Waals surface area contributed by atoms with E-state index in [2.05, 4.69) is 53.8 Å². The number of pyridine rings is 1. The minimum Gasteiger partial charge on any atom is -0.363 e. The predicted molar refractivity (Wildman–Crippen MR) is 138 cm³/mol. The number of nitriles is 1. The number of hydrogen-bond donors (Lipinski definition) is 0. The Labute approximate surface area is 208 Å². The van der Waals surface area contributed by atoms with E-state index >= 15 is 0 Å². The maximum Gasteiger partial charge on any atom is 0.267 e. The molecule has 5 rings (SSSR count). The summed E-state index contributed by atoms with van der Waals surface area (Å²) in [5.41, 5.74) is 4.19. The highest BCUT2D eigenvalue weighted by molar-refractivity contribution is 7.18. The van der Waals surface area contributed by atoms with Crippen molar-refractivity contribution < 1.29 is 0 Å².